The average Bonchev–Trinajstić information content (AvgIpc) is 2.72. The van der Waals surface area contributed by atoms with Crippen LogP contribution >= 0.6 is 11.6 Å². The molecule has 6 heteroatoms. The van der Waals surface area contributed by atoms with Gasteiger partial charge in [0.15, 0.2) is 5.15 Å². The predicted molar refractivity (Wildman–Crippen MR) is 74.9 cm³/mol. The Bertz CT molecular complexity index is 448. The molecule has 2 rings (SSSR count). The van der Waals surface area contributed by atoms with E-state index in [9.17, 15) is 5.26 Å². The maximum atomic E-state index is 9.47. The molecule has 1 aromatic heterocycles. The molecule has 1 fully saturated rings. The van der Waals surface area contributed by atoms with Gasteiger partial charge in [-0.25, -0.2) is 4.98 Å². The van der Waals surface area contributed by atoms with Crippen LogP contribution in [0.15, 0.2) is 6.33 Å². The molecule has 1 atom stereocenters. The van der Waals surface area contributed by atoms with Gasteiger partial charge in [0.25, 0.3) is 0 Å². The molecule has 0 bridgehead atoms. The number of piperazine rings is 1. The average molecular weight is 282 g/mol. The van der Waals surface area contributed by atoms with Crippen molar-refractivity contribution in [3.05, 3.63) is 17.2 Å². The summed E-state index contributed by atoms with van der Waals surface area (Å²) in [5, 5.41) is 9.90. The highest BCUT2D eigenvalue weighted by atomic mass is 35.5. The molecule has 2 heterocycles. The van der Waals surface area contributed by atoms with Crippen LogP contribution in [0.2, 0.25) is 5.15 Å². The molecule has 0 amide bonds. The number of rotatable bonds is 3. The van der Waals surface area contributed by atoms with Crippen LogP contribution in [0, 0.1) is 11.3 Å². The van der Waals surface area contributed by atoms with Crippen LogP contribution in [-0.4, -0.2) is 51.6 Å². The summed E-state index contributed by atoms with van der Waals surface area (Å²) in [5.41, 5.74) is 0.794. The minimum absolute atomic E-state index is 0.311. The molecule has 1 aliphatic rings. The maximum Gasteiger partial charge on any atom is 0.152 e. The van der Waals surface area contributed by atoms with Crippen molar-refractivity contribution in [3.8, 4) is 6.07 Å². The van der Waals surface area contributed by atoms with Crippen LogP contribution in [0.25, 0.3) is 0 Å². The highest BCUT2D eigenvalue weighted by Crippen LogP contribution is 2.26. The quantitative estimate of drug-likeness (QED) is 0.846. The van der Waals surface area contributed by atoms with Gasteiger partial charge in [-0.2, -0.15) is 5.26 Å². The topological polar surface area (TPSA) is 48.1 Å². The third-order valence-corrected chi connectivity index (χ3v) is 4.05. The molecule has 0 aliphatic carbocycles. The van der Waals surface area contributed by atoms with Crippen LogP contribution < -0.4 is 0 Å². The van der Waals surface area contributed by atoms with E-state index >= 15 is 0 Å². The highest BCUT2D eigenvalue weighted by Gasteiger charge is 2.29. The van der Waals surface area contributed by atoms with Gasteiger partial charge in [-0.15, -0.1) is 0 Å². The molecule has 19 heavy (non-hydrogen) atoms. The first-order valence-electron chi connectivity index (χ1n) is 6.59. The van der Waals surface area contributed by atoms with Crippen LogP contribution in [0.1, 0.15) is 25.6 Å². The lowest BCUT2D eigenvalue weighted by molar-refractivity contribution is 0.0914. The maximum absolute atomic E-state index is 9.47. The van der Waals surface area contributed by atoms with E-state index in [1.165, 1.54) is 0 Å². The number of hydrogen-bond acceptors (Lipinski definition) is 4. The van der Waals surface area contributed by atoms with E-state index < -0.39 is 0 Å². The van der Waals surface area contributed by atoms with Crippen LogP contribution in [0.4, 0.5) is 0 Å². The van der Waals surface area contributed by atoms with Crippen molar-refractivity contribution in [3.63, 3.8) is 0 Å². The molecule has 1 saturated heterocycles. The number of nitrogens with zero attached hydrogens (tertiary/aromatic N) is 5. The minimum Gasteiger partial charge on any atom is -0.334 e. The molecule has 1 unspecified atom stereocenters. The van der Waals surface area contributed by atoms with Crippen LogP contribution in [0.5, 0.6) is 0 Å². The van der Waals surface area contributed by atoms with Gasteiger partial charge in [-0.3, -0.25) is 9.80 Å². The standard InChI is InChI=1S/C13H20ClN5/c1-10(2)18-4-6-19(7-5-18)11(8-15)12-13(14)16-9-17(12)3/h9-11H,4-7H2,1-3H3. The van der Waals surface area contributed by atoms with Crippen molar-refractivity contribution < 1.29 is 0 Å². The van der Waals surface area contributed by atoms with E-state index in [1.54, 1.807) is 6.33 Å². The summed E-state index contributed by atoms with van der Waals surface area (Å²) in [5.74, 6) is 0. The van der Waals surface area contributed by atoms with Gasteiger partial charge < -0.3 is 4.57 Å². The zero-order chi connectivity index (χ0) is 14.0. The molecule has 0 N–H and O–H groups in total. The smallest absolute Gasteiger partial charge is 0.152 e. The van der Waals surface area contributed by atoms with Gasteiger partial charge in [-0.05, 0) is 13.8 Å². The van der Waals surface area contributed by atoms with Gasteiger partial charge in [-0.1, -0.05) is 11.6 Å². The van der Waals surface area contributed by atoms with Crippen LogP contribution in [-0.2, 0) is 7.05 Å². The number of hydrogen-bond donors (Lipinski definition) is 0. The van der Waals surface area contributed by atoms with Crippen molar-refractivity contribution in [2.24, 2.45) is 7.05 Å². The van der Waals surface area contributed by atoms with E-state index in [-0.39, 0.29) is 6.04 Å². The van der Waals surface area contributed by atoms with Gasteiger partial charge in [0.1, 0.15) is 6.04 Å². The molecular weight excluding hydrogens is 262 g/mol. The molecule has 104 valence electrons. The third-order valence-electron chi connectivity index (χ3n) is 3.76. The fraction of sp³-hybridized carbons (Fsp3) is 0.692. The predicted octanol–water partition coefficient (Wildman–Crippen LogP) is 1.66. The lowest BCUT2D eigenvalue weighted by atomic mass is 10.1. The van der Waals surface area contributed by atoms with Crippen molar-refractivity contribution in [1.82, 2.24) is 19.4 Å². The summed E-state index contributed by atoms with van der Waals surface area (Å²) in [6.45, 7) is 8.16. The second-order valence-electron chi connectivity index (χ2n) is 5.23. The summed E-state index contributed by atoms with van der Waals surface area (Å²) in [7, 11) is 1.88. The SMILES string of the molecule is CC(C)N1CCN(C(C#N)c2c(Cl)ncn2C)CC1. The lowest BCUT2D eigenvalue weighted by Gasteiger charge is -2.38. The van der Waals surface area contributed by atoms with Gasteiger partial charge in [0, 0.05) is 39.3 Å². The number of nitriles is 1. The van der Waals surface area contributed by atoms with E-state index in [1.807, 2.05) is 11.6 Å². The molecule has 5 nitrogen and oxygen atoms in total. The first-order chi connectivity index (χ1) is 9.04. The first-order valence-corrected chi connectivity index (χ1v) is 6.96. The molecule has 0 saturated carbocycles. The van der Waals surface area contributed by atoms with Crippen molar-refractivity contribution in [2.45, 2.75) is 25.9 Å². The summed E-state index contributed by atoms with van der Waals surface area (Å²) >= 11 is 6.10. The fourth-order valence-corrected chi connectivity index (χ4v) is 2.82. The number of aromatic nitrogens is 2. The van der Waals surface area contributed by atoms with Crippen LogP contribution in [0.3, 0.4) is 0 Å². The van der Waals surface area contributed by atoms with E-state index in [4.69, 9.17) is 11.6 Å². The van der Waals surface area contributed by atoms with Gasteiger partial charge in [0.2, 0.25) is 0 Å². The van der Waals surface area contributed by atoms with Crippen molar-refractivity contribution in [1.29, 1.82) is 5.26 Å². The van der Waals surface area contributed by atoms with E-state index in [0.717, 1.165) is 31.9 Å². The number of imidazole rings is 1. The van der Waals surface area contributed by atoms with E-state index in [2.05, 4.69) is 34.7 Å². The zero-order valence-corrected chi connectivity index (χ0v) is 12.4. The van der Waals surface area contributed by atoms with E-state index in [0.29, 0.717) is 11.2 Å². The summed E-state index contributed by atoms with van der Waals surface area (Å²) in [6.07, 6.45) is 1.66. The Morgan fingerprint density at radius 3 is 2.26 bits per heavy atom. The molecule has 0 aromatic carbocycles. The van der Waals surface area contributed by atoms with Crippen molar-refractivity contribution in [2.75, 3.05) is 26.2 Å². The summed E-state index contributed by atoms with van der Waals surface area (Å²) in [4.78, 5) is 8.67. The Balaban J connectivity index is 2.11. The van der Waals surface area contributed by atoms with Crippen molar-refractivity contribution >= 4 is 11.6 Å². The fourth-order valence-electron chi connectivity index (χ4n) is 2.54. The highest BCUT2D eigenvalue weighted by molar-refractivity contribution is 6.30. The Morgan fingerprint density at radius 1 is 1.26 bits per heavy atom. The second-order valence-corrected chi connectivity index (χ2v) is 5.59. The largest absolute Gasteiger partial charge is 0.334 e. The monoisotopic (exact) mass is 281 g/mol. The normalized spacial score (nSPS) is 19.6. The number of aryl methyl sites for hydroxylation is 1. The second kappa shape index (κ2) is 5.91. The Hall–Kier alpha value is -1.09. The molecule has 0 radical (unpaired) electrons. The third kappa shape index (κ3) is 2.92. The lowest BCUT2D eigenvalue weighted by Crippen LogP contribution is -2.49. The summed E-state index contributed by atoms with van der Waals surface area (Å²) in [6, 6.07) is 2.61. The molecule has 1 aliphatic heterocycles. The minimum atomic E-state index is -0.311. The number of halogens is 1. The zero-order valence-electron chi connectivity index (χ0n) is 11.7. The Kier molecular flexibility index (Phi) is 4.46. The Labute approximate surface area is 119 Å². The Morgan fingerprint density at radius 2 is 1.84 bits per heavy atom. The molecule has 1 aromatic rings. The molecular formula is C13H20ClN5. The first kappa shape index (κ1) is 14.3. The van der Waals surface area contributed by atoms with Gasteiger partial charge >= 0.3 is 0 Å². The molecule has 0 spiro atoms. The van der Waals surface area contributed by atoms with Gasteiger partial charge in [0.05, 0.1) is 18.1 Å². The summed E-state index contributed by atoms with van der Waals surface area (Å²) < 4.78 is 1.84.